The number of hydrogen-bond acceptors (Lipinski definition) is 19. The highest BCUT2D eigenvalue weighted by Gasteiger charge is 2.17. The van der Waals surface area contributed by atoms with Crippen LogP contribution in [0.15, 0.2) is 54.6 Å². The van der Waals surface area contributed by atoms with E-state index in [4.69, 9.17) is 37.1 Å². The Morgan fingerprint density at radius 1 is 0.356 bits per heavy atom. The fourth-order valence-corrected chi connectivity index (χ4v) is 7.62. The number of carbonyl (C=O) groups is 6. The van der Waals surface area contributed by atoms with Gasteiger partial charge in [0, 0.05) is 75.6 Å². The zero-order chi connectivity index (χ0) is 64.5. The molecule has 87 heavy (non-hydrogen) atoms. The van der Waals surface area contributed by atoms with Gasteiger partial charge >= 0.3 is 18.3 Å². The summed E-state index contributed by atoms with van der Waals surface area (Å²) in [5, 5.41) is 29.1. The topological polar surface area (TPSA) is 342 Å². The SMILES string of the molecule is C.CC(C)(C)OC(=O)NCCCN.CCCCNCc1cc(CNCCCNC(=O)OC(C)(C)C)cc(CNCCCNC(=O)OC(C)(C)C)c1.NCCCNCc1cc(CNCCCN)cc(CNCCCN)c1.O=Cc1cc(C=O)cc(C=O)c1. The van der Waals surface area contributed by atoms with E-state index in [-0.39, 0.29) is 25.7 Å². The fourth-order valence-electron chi connectivity index (χ4n) is 7.62. The summed E-state index contributed by atoms with van der Waals surface area (Å²) in [6.45, 7) is 33.8. The number of alkyl carbamates (subject to hydrolysis) is 3. The molecule has 0 saturated carbocycles. The lowest BCUT2D eigenvalue weighted by molar-refractivity contribution is 0.0515. The number of amides is 3. The summed E-state index contributed by atoms with van der Waals surface area (Å²) >= 11 is 0. The van der Waals surface area contributed by atoms with Crippen molar-refractivity contribution in [3.05, 3.63) is 105 Å². The van der Waals surface area contributed by atoms with Crippen LogP contribution in [0.5, 0.6) is 0 Å². The van der Waals surface area contributed by atoms with Crippen LogP contribution in [0.25, 0.3) is 0 Å². The summed E-state index contributed by atoms with van der Waals surface area (Å²) in [7, 11) is 0. The average Bonchev–Trinajstić information content (AvgIpc) is 3.50. The maximum Gasteiger partial charge on any atom is 0.407 e. The Kier molecular flexibility index (Phi) is 48.8. The van der Waals surface area contributed by atoms with Crippen molar-refractivity contribution in [2.75, 3.05) is 85.1 Å². The first kappa shape index (κ1) is 83.1. The summed E-state index contributed by atoms with van der Waals surface area (Å²) in [6, 6.07) is 17.8. The number of unbranched alkanes of at least 4 members (excludes halogenated alkanes) is 1. The first-order chi connectivity index (χ1) is 40.9. The van der Waals surface area contributed by atoms with Crippen molar-refractivity contribution >= 4 is 37.1 Å². The van der Waals surface area contributed by atoms with Gasteiger partial charge in [0.15, 0.2) is 0 Å². The Labute approximate surface area is 522 Å². The van der Waals surface area contributed by atoms with Crippen molar-refractivity contribution in [3.63, 3.8) is 0 Å². The molecule has 0 aliphatic heterocycles. The Morgan fingerprint density at radius 3 is 0.770 bits per heavy atom. The first-order valence-electron chi connectivity index (χ1n) is 30.6. The molecule has 3 amide bonds. The number of benzene rings is 3. The second-order valence-corrected chi connectivity index (χ2v) is 23.6. The Morgan fingerprint density at radius 2 is 0.563 bits per heavy atom. The summed E-state index contributed by atoms with van der Waals surface area (Å²) in [4.78, 5) is 65.4. The molecule has 0 aliphatic carbocycles. The van der Waals surface area contributed by atoms with Gasteiger partial charge < -0.3 is 85.0 Å². The monoisotopic (exact) mass is 1220 g/mol. The molecule has 3 aromatic rings. The fraction of sp³-hybridized carbons (Fsp3) is 0.631. The molecule has 0 aromatic heterocycles. The van der Waals surface area contributed by atoms with E-state index in [0.29, 0.717) is 61.7 Å². The van der Waals surface area contributed by atoms with E-state index in [9.17, 15) is 28.8 Å². The molecule has 0 atom stereocenters. The standard InChI is InChI=1S/C29H53N5O4.C18H36N6.C9H6O3.C8H18N2O2.CH4/c1-8-9-12-30-20-23-17-24(21-31-13-10-15-33-26(35)37-28(2,3)4)19-25(18-23)22-32-14-11-16-34-27(36)38-29(5,6)7;19-4-1-7-22-13-16-10-17(14-23-8-2-5-20)12-18(11-16)15-24-9-3-6-21;10-4-7-1-8(5-11)3-9(2-7)6-12;1-8(2,3)12-7(11)10-6-4-5-9;/h17-19,30-32H,8-16,20-22H2,1-7H3,(H,33,35)(H,34,36);10-12,22-24H,1-9,13-15,19-21H2;1-6H;4-6,9H2,1-3H3,(H,10,11);1H4. The van der Waals surface area contributed by atoms with Gasteiger partial charge in [0.25, 0.3) is 0 Å². The van der Waals surface area contributed by atoms with E-state index in [1.807, 2.05) is 62.3 Å². The molecule has 496 valence electrons. The van der Waals surface area contributed by atoms with Crippen LogP contribution >= 0.6 is 0 Å². The lowest BCUT2D eigenvalue weighted by Gasteiger charge is -2.19. The van der Waals surface area contributed by atoms with E-state index in [1.165, 1.54) is 64.4 Å². The van der Waals surface area contributed by atoms with Crippen LogP contribution in [0, 0.1) is 0 Å². The van der Waals surface area contributed by atoms with Crippen LogP contribution in [-0.4, -0.2) is 139 Å². The van der Waals surface area contributed by atoms with E-state index < -0.39 is 16.8 Å². The number of carbonyl (C=O) groups excluding carboxylic acids is 6. The van der Waals surface area contributed by atoms with Crippen LogP contribution in [-0.2, 0) is 53.5 Å². The van der Waals surface area contributed by atoms with E-state index in [0.717, 1.165) is 137 Å². The minimum absolute atomic E-state index is 0. The van der Waals surface area contributed by atoms with E-state index in [1.54, 1.807) is 0 Å². The van der Waals surface area contributed by atoms with Crippen LogP contribution in [0.3, 0.4) is 0 Å². The molecule has 0 heterocycles. The molecule has 0 radical (unpaired) electrons. The van der Waals surface area contributed by atoms with Crippen molar-refractivity contribution in [1.29, 1.82) is 0 Å². The second-order valence-electron chi connectivity index (χ2n) is 23.6. The van der Waals surface area contributed by atoms with Gasteiger partial charge in [-0.25, -0.2) is 14.4 Å². The summed E-state index contributed by atoms with van der Waals surface area (Å²) < 4.78 is 15.5. The lowest BCUT2D eigenvalue weighted by atomic mass is 10.0. The van der Waals surface area contributed by atoms with Crippen molar-refractivity contribution in [2.45, 2.75) is 184 Å². The third kappa shape index (κ3) is 50.8. The van der Waals surface area contributed by atoms with E-state index >= 15 is 0 Å². The maximum atomic E-state index is 11.7. The minimum atomic E-state index is -0.484. The Hall–Kier alpha value is -5.92. The van der Waals surface area contributed by atoms with Crippen molar-refractivity contribution in [2.24, 2.45) is 22.9 Å². The van der Waals surface area contributed by atoms with Crippen LogP contribution in [0.4, 0.5) is 14.4 Å². The van der Waals surface area contributed by atoms with Gasteiger partial charge in [-0.05, 0) is 224 Å². The van der Waals surface area contributed by atoms with Gasteiger partial charge in [-0.2, -0.15) is 0 Å². The number of nitrogens with one attached hydrogen (secondary N) is 9. The van der Waals surface area contributed by atoms with Gasteiger partial charge in [-0.3, -0.25) is 14.4 Å². The highest BCUT2D eigenvalue weighted by molar-refractivity contribution is 5.87. The molecule has 17 N–H and O–H groups in total. The van der Waals surface area contributed by atoms with Gasteiger partial charge in [0.2, 0.25) is 0 Å². The van der Waals surface area contributed by atoms with Crippen molar-refractivity contribution < 1.29 is 43.0 Å². The number of aldehydes is 3. The normalized spacial score (nSPS) is 11.0. The van der Waals surface area contributed by atoms with Gasteiger partial charge in [0.1, 0.15) is 35.7 Å². The zero-order valence-electron chi connectivity index (χ0n) is 54.0. The third-order valence-electron chi connectivity index (χ3n) is 11.4. The number of hydrogen-bond donors (Lipinski definition) is 13. The van der Waals surface area contributed by atoms with Crippen molar-refractivity contribution in [3.8, 4) is 0 Å². The molecule has 0 saturated heterocycles. The van der Waals surface area contributed by atoms with Crippen LogP contribution in [0.1, 0.15) is 192 Å². The van der Waals surface area contributed by atoms with Crippen molar-refractivity contribution in [1.82, 2.24) is 47.9 Å². The Balaban J connectivity index is 0. The smallest absolute Gasteiger partial charge is 0.407 e. The predicted octanol–water partition coefficient (Wildman–Crippen LogP) is 7.21. The molecular formula is C65H117N13O9. The largest absolute Gasteiger partial charge is 0.444 e. The molecule has 0 spiro atoms. The van der Waals surface area contributed by atoms with E-state index in [2.05, 4.69) is 91.2 Å². The molecule has 0 aliphatic rings. The molecule has 0 fully saturated rings. The molecular weight excluding hydrogens is 1110 g/mol. The Bertz CT molecular complexity index is 2110. The highest BCUT2D eigenvalue weighted by Crippen LogP contribution is 2.14. The van der Waals surface area contributed by atoms with Gasteiger partial charge in [-0.15, -0.1) is 0 Å². The number of nitrogens with two attached hydrogens (primary N) is 4. The quantitative estimate of drug-likeness (QED) is 0.0153. The highest BCUT2D eigenvalue weighted by atomic mass is 16.6. The first-order valence-corrected chi connectivity index (χ1v) is 30.6. The number of ether oxygens (including phenoxy) is 3. The average molecular weight is 1220 g/mol. The molecule has 3 aromatic carbocycles. The lowest BCUT2D eigenvalue weighted by Crippen LogP contribution is -2.34. The predicted molar refractivity (Wildman–Crippen MR) is 354 cm³/mol. The van der Waals surface area contributed by atoms with Gasteiger partial charge in [-0.1, -0.05) is 57.2 Å². The number of rotatable bonds is 38. The summed E-state index contributed by atoms with van der Waals surface area (Å²) in [6.07, 6.45) is 8.46. The van der Waals surface area contributed by atoms with Crippen LogP contribution < -0.4 is 70.8 Å². The maximum absolute atomic E-state index is 11.7. The summed E-state index contributed by atoms with van der Waals surface area (Å²) in [5.74, 6) is 0. The van der Waals surface area contributed by atoms with Gasteiger partial charge in [0.05, 0.1) is 0 Å². The second kappa shape index (κ2) is 51.0. The molecule has 0 bridgehead atoms. The molecule has 3 rings (SSSR count). The third-order valence-corrected chi connectivity index (χ3v) is 11.4. The van der Waals surface area contributed by atoms with Crippen LogP contribution in [0.2, 0.25) is 0 Å². The minimum Gasteiger partial charge on any atom is -0.444 e. The zero-order valence-corrected chi connectivity index (χ0v) is 54.0. The summed E-state index contributed by atoms with van der Waals surface area (Å²) in [5.41, 5.74) is 29.2. The molecule has 22 heteroatoms. The molecule has 0 unspecified atom stereocenters. The molecule has 22 nitrogen and oxygen atoms in total.